The van der Waals surface area contributed by atoms with Crippen LogP contribution in [-0.2, 0) is 0 Å². The highest BCUT2D eigenvalue weighted by Gasteiger charge is 2.08. The van der Waals surface area contributed by atoms with E-state index in [0.717, 1.165) is 11.4 Å². The van der Waals surface area contributed by atoms with Crippen LogP contribution in [-0.4, -0.2) is 4.57 Å². The monoisotopic (exact) mass is 248 g/mol. The molecule has 94 valence electrons. The molecule has 0 bridgehead atoms. The van der Waals surface area contributed by atoms with E-state index in [2.05, 4.69) is 54.0 Å². The summed E-state index contributed by atoms with van der Waals surface area (Å²) in [5.41, 5.74) is 11.4. The van der Waals surface area contributed by atoms with Crippen molar-refractivity contribution < 1.29 is 0 Å². The van der Waals surface area contributed by atoms with Gasteiger partial charge in [0.1, 0.15) is 0 Å². The second kappa shape index (κ2) is 4.65. The Morgan fingerprint density at radius 3 is 2.37 bits per heavy atom. The van der Waals surface area contributed by atoms with Gasteiger partial charge >= 0.3 is 0 Å². The van der Waals surface area contributed by atoms with E-state index < -0.39 is 0 Å². The molecule has 0 atom stereocenters. The summed E-state index contributed by atoms with van der Waals surface area (Å²) in [7, 11) is 0. The number of nitrogens with two attached hydrogens (primary N) is 1. The third-order valence-corrected chi connectivity index (χ3v) is 3.27. The van der Waals surface area contributed by atoms with E-state index in [9.17, 15) is 0 Å². The van der Waals surface area contributed by atoms with Crippen LogP contribution in [0.25, 0.3) is 16.9 Å². The Labute approximate surface area is 113 Å². The van der Waals surface area contributed by atoms with Crippen molar-refractivity contribution in [1.82, 2.24) is 4.57 Å². The van der Waals surface area contributed by atoms with Crippen molar-refractivity contribution in [2.75, 3.05) is 5.73 Å². The molecule has 0 saturated heterocycles. The Morgan fingerprint density at radius 1 is 0.842 bits per heavy atom. The zero-order chi connectivity index (χ0) is 13.2. The Hall–Kier alpha value is -2.48. The molecule has 3 rings (SSSR count). The average Bonchev–Trinajstić information content (AvgIpc) is 2.82. The summed E-state index contributed by atoms with van der Waals surface area (Å²) in [6.45, 7) is 2.11. The molecule has 2 nitrogen and oxygen atoms in total. The fourth-order valence-corrected chi connectivity index (χ4v) is 2.38. The van der Waals surface area contributed by atoms with Gasteiger partial charge in [-0.2, -0.15) is 0 Å². The van der Waals surface area contributed by atoms with Gasteiger partial charge in [0.2, 0.25) is 0 Å². The topological polar surface area (TPSA) is 30.9 Å². The largest absolute Gasteiger partial charge is 0.399 e. The normalized spacial score (nSPS) is 10.6. The Morgan fingerprint density at radius 2 is 1.63 bits per heavy atom. The molecule has 3 aromatic rings. The highest BCUT2D eigenvalue weighted by atomic mass is 15.0. The van der Waals surface area contributed by atoms with Crippen molar-refractivity contribution in [1.29, 1.82) is 0 Å². The lowest BCUT2D eigenvalue weighted by Gasteiger charge is -2.12. The van der Waals surface area contributed by atoms with Crippen molar-refractivity contribution >= 4 is 5.69 Å². The number of aromatic nitrogens is 1. The second-order valence-electron chi connectivity index (χ2n) is 4.66. The van der Waals surface area contributed by atoms with Gasteiger partial charge in [0.05, 0.1) is 5.69 Å². The summed E-state index contributed by atoms with van der Waals surface area (Å²) in [5, 5.41) is 0. The number of aryl methyl sites for hydroxylation is 1. The van der Waals surface area contributed by atoms with E-state index >= 15 is 0 Å². The van der Waals surface area contributed by atoms with Gasteiger partial charge in [0.25, 0.3) is 0 Å². The first kappa shape index (κ1) is 11.6. The molecule has 0 amide bonds. The van der Waals surface area contributed by atoms with Crippen molar-refractivity contribution in [2.45, 2.75) is 6.92 Å². The molecule has 0 radical (unpaired) electrons. The number of benzene rings is 2. The molecule has 0 aliphatic heterocycles. The Balaban J connectivity index is 2.20. The van der Waals surface area contributed by atoms with Crippen LogP contribution in [0.4, 0.5) is 5.69 Å². The van der Waals surface area contributed by atoms with E-state index in [1.165, 1.54) is 17.0 Å². The number of rotatable bonds is 2. The maximum Gasteiger partial charge on any atom is 0.0531 e. The van der Waals surface area contributed by atoms with Crippen LogP contribution < -0.4 is 5.73 Å². The summed E-state index contributed by atoms with van der Waals surface area (Å²) in [6.07, 6.45) is 0. The molecule has 0 unspecified atom stereocenters. The van der Waals surface area contributed by atoms with Gasteiger partial charge in [-0.15, -0.1) is 0 Å². The molecule has 0 aliphatic carbocycles. The number of nitrogens with zero attached hydrogens (tertiary/aromatic N) is 1. The fraction of sp³-hybridized carbons (Fsp3) is 0.0588. The van der Waals surface area contributed by atoms with Crippen molar-refractivity contribution in [3.8, 4) is 16.9 Å². The molecule has 2 aromatic carbocycles. The number of hydrogen-bond donors (Lipinski definition) is 1. The SMILES string of the molecule is Cc1ccc(-c2ccccc2)n1-c1cccc(N)c1. The predicted molar refractivity (Wildman–Crippen MR) is 80.4 cm³/mol. The van der Waals surface area contributed by atoms with Gasteiger partial charge in [-0.25, -0.2) is 0 Å². The minimum absolute atomic E-state index is 0.782. The van der Waals surface area contributed by atoms with Crippen LogP contribution in [0.15, 0.2) is 66.7 Å². The minimum atomic E-state index is 0.782. The lowest BCUT2D eigenvalue weighted by atomic mass is 10.1. The first-order valence-corrected chi connectivity index (χ1v) is 6.35. The van der Waals surface area contributed by atoms with Crippen molar-refractivity contribution in [3.63, 3.8) is 0 Å². The van der Waals surface area contributed by atoms with Crippen LogP contribution in [0.1, 0.15) is 5.69 Å². The highest BCUT2D eigenvalue weighted by Crippen LogP contribution is 2.26. The Bertz CT molecular complexity index is 696. The lowest BCUT2D eigenvalue weighted by molar-refractivity contribution is 1.02. The molecule has 0 aliphatic rings. The molecule has 1 aromatic heterocycles. The number of hydrogen-bond acceptors (Lipinski definition) is 1. The van der Waals surface area contributed by atoms with Crippen LogP contribution in [0.5, 0.6) is 0 Å². The lowest BCUT2D eigenvalue weighted by Crippen LogP contribution is -1.99. The van der Waals surface area contributed by atoms with E-state index in [-0.39, 0.29) is 0 Å². The fourth-order valence-electron chi connectivity index (χ4n) is 2.38. The molecular weight excluding hydrogens is 232 g/mol. The predicted octanol–water partition coefficient (Wildman–Crippen LogP) is 4.03. The molecular formula is C17H16N2. The van der Waals surface area contributed by atoms with Crippen LogP contribution in [0.2, 0.25) is 0 Å². The molecule has 2 N–H and O–H groups in total. The number of anilines is 1. The summed E-state index contributed by atoms with van der Waals surface area (Å²) in [4.78, 5) is 0. The van der Waals surface area contributed by atoms with E-state index in [4.69, 9.17) is 5.73 Å². The van der Waals surface area contributed by atoms with Crippen LogP contribution >= 0.6 is 0 Å². The molecule has 0 fully saturated rings. The number of nitrogen functional groups attached to an aromatic ring is 1. The smallest absolute Gasteiger partial charge is 0.0531 e. The molecule has 0 saturated carbocycles. The van der Waals surface area contributed by atoms with E-state index in [1.54, 1.807) is 0 Å². The summed E-state index contributed by atoms with van der Waals surface area (Å²) < 4.78 is 2.23. The van der Waals surface area contributed by atoms with Gasteiger partial charge in [0.15, 0.2) is 0 Å². The van der Waals surface area contributed by atoms with Crippen molar-refractivity contribution in [3.05, 3.63) is 72.4 Å². The third-order valence-electron chi connectivity index (χ3n) is 3.27. The molecule has 2 heteroatoms. The standard InChI is InChI=1S/C17H16N2/c1-13-10-11-17(14-6-3-2-4-7-14)19(13)16-9-5-8-15(18)12-16/h2-12H,18H2,1H3. The van der Waals surface area contributed by atoms with Crippen LogP contribution in [0.3, 0.4) is 0 Å². The Kier molecular flexibility index (Phi) is 2.84. The van der Waals surface area contributed by atoms with Crippen LogP contribution in [0, 0.1) is 6.92 Å². The average molecular weight is 248 g/mol. The summed E-state index contributed by atoms with van der Waals surface area (Å²) in [6, 6.07) is 22.6. The van der Waals surface area contributed by atoms with Gasteiger partial charge in [-0.3, -0.25) is 0 Å². The van der Waals surface area contributed by atoms with Gasteiger partial charge < -0.3 is 10.3 Å². The molecule has 19 heavy (non-hydrogen) atoms. The van der Waals surface area contributed by atoms with E-state index in [1.807, 2.05) is 24.3 Å². The zero-order valence-corrected chi connectivity index (χ0v) is 10.9. The summed E-state index contributed by atoms with van der Waals surface area (Å²) in [5.74, 6) is 0. The van der Waals surface area contributed by atoms with E-state index in [0.29, 0.717) is 0 Å². The molecule has 1 heterocycles. The quantitative estimate of drug-likeness (QED) is 0.682. The zero-order valence-electron chi connectivity index (χ0n) is 10.9. The first-order chi connectivity index (χ1) is 9.25. The van der Waals surface area contributed by atoms with Gasteiger partial charge in [-0.1, -0.05) is 36.4 Å². The first-order valence-electron chi connectivity index (χ1n) is 6.35. The third kappa shape index (κ3) is 2.13. The second-order valence-corrected chi connectivity index (χ2v) is 4.66. The maximum atomic E-state index is 5.89. The highest BCUT2D eigenvalue weighted by molar-refractivity contribution is 5.65. The summed E-state index contributed by atoms with van der Waals surface area (Å²) >= 11 is 0. The van der Waals surface area contributed by atoms with Gasteiger partial charge in [-0.05, 0) is 42.8 Å². The molecule has 0 spiro atoms. The van der Waals surface area contributed by atoms with Gasteiger partial charge in [0, 0.05) is 17.1 Å². The maximum absolute atomic E-state index is 5.89. The van der Waals surface area contributed by atoms with Crippen molar-refractivity contribution in [2.24, 2.45) is 0 Å². The minimum Gasteiger partial charge on any atom is -0.399 e.